The summed E-state index contributed by atoms with van der Waals surface area (Å²) in [6, 6.07) is -0.526. The van der Waals surface area contributed by atoms with Gasteiger partial charge in [0.05, 0.1) is 13.2 Å². The number of ether oxygens (including phenoxy) is 1. The lowest BCUT2D eigenvalue weighted by atomic mass is 10.2. The van der Waals surface area contributed by atoms with Crippen LogP contribution in [0.15, 0.2) is 6.07 Å². The number of nitrogens with one attached hydrogen (secondary N) is 1. The van der Waals surface area contributed by atoms with Gasteiger partial charge in [-0.05, 0) is 13.8 Å². The van der Waals surface area contributed by atoms with Crippen LogP contribution in [-0.2, 0) is 9.53 Å². The molecule has 1 unspecified atom stereocenters. The van der Waals surface area contributed by atoms with E-state index >= 15 is 0 Å². The molecule has 21 heavy (non-hydrogen) atoms. The Morgan fingerprint density at radius 2 is 2.14 bits per heavy atom. The van der Waals surface area contributed by atoms with E-state index in [0.717, 1.165) is 0 Å². The van der Waals surface area contributed by atoms with Gasteiger partial charge in [0.1, 0.15) is 6.04 Å². The van der Waals surface area contributed by atoms with E-state index in [9.17, 15) is 18.0 Å². The second-order valence-corrected chi connectivity index (χ2v) is 5.01. The summed E-state index contributed by atoms with van der Waals surface area (Å²) >= 11 is 0. The van der Waals surface area contributed by atoms with Crippen molar-refractivity contribution in [1.29, 1.82) is 0 Å². The second kappa shape index (κ2) is 6.30. The van der Waals surface area contributed by atoms with E-state index in [1.165, 1.54) is 4.90 Å². The van der Waals surface area contributed by atoms with Crippen molar-refractivity contribution in [2.75, 3.05) is 24.7 Å². The maximum atomic E-state index is 13.8. The molecule has 0 bridgehead atoms. The number of carbonyl (C=O) groups is 1. The molecule has 1 aromatic rings. The number of pyridine rings is 1. The fourth-order valence-corrected chi connectivity index (χ4v) is 2.09. The summed E-state index contributed by atoms with van der Waals surface area (Å²) in [7, 11) is 0. The quantitative estimate of drug-likeness (QED) is 0.853. The minimum absolute atomic E-state index is 0.0265. The molecule has 0 saturated carbocycles. The number of hydrogen-bond donors (Lipinski definition) is 1. The number of aromatic nitrogens is 1. The Kier molecular flexibility index (Phi) is 4.66. The standard InChI is InChI=1S/C13H16F3N3O2/c1-7(2)17-13(20)10-6-21-4-3-19(10)12-9(15)5-8(14)11(16)18-12/h5,7,10H,3-4,6H2,1-2H3,(H,17,20). The van der Waals surface area contributed by atoms with Crippen molar-refractivity contribution in [3.63, 3.8) is 0 Å². The monoisotopic (exact) mass is 303 g/mol. The fourth-order valence-electron chi connectivity index (χ4n) is 2.09. The molecule has 1 aliphatic heterocycles. The molecule has 0 aromatic carbocycles. The van der Waals surface area contributed by atoms with Gasteiger partial charge in [0, 0.05) is 18.7 Å². The Morgan fingerprint density at radius 1 is 1.43 bits per heavy atom. The Labute approximate surface area is 120 Å². The number of halogens is 3. The minimum Gasteiger partial charge on any atom is -0.377 e. The molecule has 1 saturated heterocycles. The maximum Gasteiger partial charge on any atom is 0.251 e. The first-order chi connectivity index (χ1) is 9.90. The molecule has 5 nitrogen and oxygen atoms in total. The van der Waals surface area contributed by atoms with E-state index < -0.39 is 23.6 Å². The van der Waals surface area contributed by atoms with E-state index in [0.29, 0.717) is 6.07 Å². The molecule has 0 radical (unpaired) electrons. The highest BCUT2D eigenvalue weighted by Gasteiger charge is 2.33. The zero-order valence-electron chi connectivity index (χ0n) is 11.7. The van der Waals surface area contributed by atoms with Crippen LogP contribution in [0.4, 0.5) is 19.0 Å². The van der Waals surface area contributed by atoms with Gasteiger partial charge >= 0.3 is 0 Å². The van der Waals surface area contributed by atoms with Gasteiger partial charge in [-0.25, -0.2) is 8.78 Å². The fraction of sp³-hybridized carbons (Fsp3) is 0.538. The number of morpholine rings is 1. The Morgan fingerprint density at radius 3 is 2.81 bits per heavy atom. The van der Waals surface area contributed by atoms with Crippen LogP contribution in [-0.4, -0.2) is 42.7 Å². The van der Waals surface area contributed by atoms with Crippen LogP contribution in [0.1, 0.15) is 13.8 Å². The highest BCUT2D eigenvalue weighted by atomic mass is 19.2. The van der Waals surface area contributed by atoms with Gasteiger partial charge < -0.3 is 15.0 Å². The normalized spacial score (nSPS) is 19.0. The largest absolute Gasteiger partial charge is 0.377 e. The van der Waals surface area contributed by atoms with Crippen molar-refractivity contribution in [3.8, 4) is 0 Å². The molecule has 2 heterocycles. The number of anilines is 1. The molecule has 8 heteroatoms. The summed E-state index contributed by atoms with van der Waals surface area (Å²) in [6.45, 7) is 3.99. The van der Waals surface area contributed by atoms with Gasteiger partial charge in [0.2, 0.25) is 5.91 Å². The number of carbonyl (C=O) groups excluding carboxylic acids is 1. The van der Waals surface area contributed by atoms with Crippen molar-refractivity contribution in [1.82, 2.24) is 10.3 Å². The number of hydrogen-bond acceptors (Lipinski definition) is 4. The molecular weight excluding hydrogens is 287 g/mol. The molecule has 1 fully saturated rings. The van der Waals surface area contributed by atoms with Crippen molar-refractivity contribution < 1.29 is 22.7 Å². The molecule has 116 valence electrons. The minimum atomic E-state index is -1.40. The lowest BCUT2D eigenvalue weighted by Gasteiger charge is -2.35. The van der Waals surface area contributed by atoms with E-state index in [-0.39, 0.29) is 37.5 Å². The molecule has 1 amide bonds. The summed E-state index contributed by atoms with van der Waals surface area (Å²) in [4.78, 5) is 16.7. The smallest absolute Gasteiger partial charge is 0.251 e. The highest BCUT2D eigenvalue weighted by Crippen LogP contribution is 2.23. The van der Waals surface area contributed by atoms with E-state index in [2.05, 4.69) is 10.3 Å². The molecule has 1 aromatic heterocycles. The van der Waals surface area contributed by atoms with E-state index in [1.54, 1.807) is 13.8 Å². The first kappa shape index (κ1) is 15.6. The Hall–Kier alpha value is -1.83. The lowest BCUT2D eigenvalue weighted by molar-refractivity contribution is -0.125. The molecule has 1 atom stereocenters. The summed E-state index contributed by atoms with van der Waals surface area (Å²) < 4.78 is 45.2. The van der Waals surface area contributed by atoms with Crippen LogP contribution >= 0.6 is 0 Å². The van der Waals surface area contributed by atoms with Gasteiger partial charge in [-0.1, -0.05) is 0 Å². The van der Waals surface area contributed by atoms with Gasteiger partial charge in [0.15, 0.2) is 17.5 Å². The average Bonchev–Trinajstić information content (AvgIpc) is 2.42. The summed E-state index contributed by atoms with van der Waals surface area (Å²) in [5.74, 6) is -4.55. The van der Waals surface area contributed by atoms with Crippen molar-refractivity contribution in [2.45, 2.75) is 25.9 Å². The van der Waals surface area contributed by atoms with Crippen molar-refractivity contribution in [3.05, 3.63) is 23.6 Å². The van der Waals surface area contributed by atoms with Crippen molar-refractivity contribution >= 4 is 11.7 Å². The van der Waals surface area contributed by atoms with Gasteiger partial charge in [0.25, 0.3) is 5.95 Å². The van der Waals surface area contributed by atoms with Crippen LogP contribution in [0.25, 0.3) is 0 Å². The Balaban J connectivity index is 2.30. The van der Waals surface area contributed by atoms with Crippen LogP contribution < -0.4 is 10.2 Å². The highest BCUT2D eigenvalue weighted by molar-refractivity contribution is 5.85. The molecule has 1 aliphatic rings. The summed E-state index contributed by atoms with van der Waals surface area (Å²) in [5.41, 5.74) is 0. The average molecular weight is 303 g/mol. The lowest BCUT2D eigenvalue weighted by Crippen LogP contribution is -2.55. The van der Waals surface area contributed by atoms with Gasteiger partial charge in [-0.2, -0.15) is 9.37 Å². The van der Waals surface area contributed by atoms with Crippen LogP contribution in [0.5, 0.6) is 0 Å². The first-order valence-corrected chi connectivity index (χ1v) is 6.56. The molecule has 1 N–H and O–H groups in total. The molecule has 0 spiro atoms. The predicted octanol–water partition coefficient (Wildman–Crippen LogP) is 1.23. The maximum absolute atomic E-state index is 13.8. The van der Waals surface area contributed by atoms with Crippen LogP contribution in [0.3, 0.4) is 0 Å². The van der Waals surface area contributed by atoms with Crippen molar-refractivity contribution in [2.24, 2.45) is 0 Å². The molecular formula is C13H16F3N3O2. The van der Waals surface area contributed by atoms with Crippen LogP contribution in [0, 0.1) is 17.6 Å². The SMILES string of the molecule is CC(C)NC(=O)C1COCCN1c1nc(F)c(F)cc1F. The van der Waals surface area contributed by atoms with E-state index in [4.69, 9.17) is 4.74 Å². The molecule has 0 aliphatic carbocycles. The first-order valence-electron chi connectivity index (χ1n) is 6.56. The summed E-state index contributed by atoms with van der Waals surface area (Å²) in [5, 5.41) is 2.68. The van der Waals surface area contributed by atoms with Gasteiger partial charge in [-0.3, -0.25) is 4.79 Å². The van der Waals surface area contributed by atoms with Gasteiger partial charge in [-0.15, -0.1) is 0 Å². The zero-order valence-corrected chi connectivity index (χ0v) is 11.7. The third kappa shape index (κ3) is 3.44. The predicted molar refractivity (Wildman–Crippen MR) is 69.3 cm³/mol. The number of nitrogens with zero attached hydrogens (tertiary/aromatic N) is 2. The third-order valence-electron chi connectivity index (χ3n) is 3.00. The molecule has 2 rings (SSSR count). The van der Waals surface area contributed by atoms with E-state index in [1.807, 2.05) is 0 Å². The second-order valence-electron chi connectivity index (χ2n) is 5.01. The number of amides is 1. The number of rotatable bonds is 3. The van der Waals surface area contributed by atoms with Crippen LogP contribution in [0.2, 0.25) is 0 Å². The third-order valence-corrected chi connectivity index (χ3v) is 3.00. The zero-order chi connectivity index (χ0) is 15.6. The Bertz CT molecular complexity index is 540. The summed E-state index contributed by atoms with van der Waals surface area (Å²) in [6.07, 6.45) is 0. The topological polar surface area (TPSA) is 54.5 Å².